The van der Waals surface area contributed by atoms with Gasteiger partial charge in [-0.05, 0) is 46.2 Å². The quantitative estimate of drug-likeness (QED) is 0.466. The smallest absolute Gasteiger partial charge is 0.0348 e. The Hall–Kier alpha value is -2.34. The van der Waals surface area contributed by atoms with Crippen LogP contribution in [-0.2, 0) is 12.8 Å². The second kappa shape index (κ2) is 5.46. The van der Waals surface area contributed by atoms with E-state index in [1.807, 2.05) is 0 Å². The first-order chi connectivity index (χ1) is 10.9. The Balaban J connectivity index is 1.99. The van der Waals surface area contributed by atoms with Crippen molar-refractivity contribution in [2.45, 2.75) is 25.7 Å². The summed E-state index contributed by atoms with van der Waals surface area (Å²) in [5.74, 6) is 0.372. The van der Waals surface area contributed by atoms with Crippen molar-refractivity contribution in [1.82, 2.24) is 0 Å². The van der Waals surface area contributed by atoms with E-state index in [9.17, 15) is 0 Å². The molecule has 0 spiro atoms. The molecule has 1 aliphatic rings. The summed E-state index contributed by atoms with van der Waals surface area (Å²) in [6.45, 7) is 2.25. The fourth-order valence-electron chi connectivity index (χ4n) is 3.80. The Morgan fingerprint density at radius 3 is 1.77 bits per heavy atom. The molecule has 0 aromatic heterocycles. The van der Waals surface area contributed by atoms with Crippen LogP contribution >= 0.6 is 0 Å². The predicted molar refractivity (Wildman–Crippen MR) is 92.5 cm³/mol. The third kappa shape index (κ3) is 2.07. The number of rotatable bonds is 2. The molecule has 0 unspecified atom stereocenters. The first-order valence-corrected chi connectivity index (χ1v) is 8.12. The molecule has 0 nitrogen and oxygen atoms in total. The van der Waals surface area contributed by atoms with Crippen LogP contribution in [0.1, 0.15) is 46.2 Å². The molecule has 0 fully saturated rings. The summed E-state index contributed by atoms with van der Waals surface area (Å²) in [5.41, 5.74) is 8.81. The monoisotopic (exact) mass is 284 g/mol. The number of hydrogen-bond acceptors (Lipinski definition) is 0. The van der Waals surface area contributed by atoms with Crippen LogP contribution in [0.2, 0.25) is 0 Å². The van der Waals surface area contributed by atoms with Gasteiger partial charge in [0.1, 0.15) is 0 Å². The predicted octanol–water partition coefficient (Wildman–Crippen LogP) is 5.33. The molecule has 22 heavy (non-hydrogen) atoms. The zero-order valence-corrected chi connectivity index (χ0v) is 12.9. The van der Waals surface area contributed by atoms with Gasteiger partial charge in [-0.1, -0.05) is 79.7 Å². The molecule has 0 radical (unpaired) electrons. The van der Waals surface area contributed by atoms with Crippen LogP contribution in [0.5, 0.6) is 0 Å². The van der Waals surface area contributed by atoms with E-state index in [0.717, 1.165) is 12.8 Å². The van der Waals surface area contributed by atoms with E-state index in [1.165, 1.54) is 33.4 Å². The molecule has 108 valence electrons. The molecule has 3 aromatic carbocycles. The minimum atomic E-state index is 0.372. The maximum atomic E-state index is 2.31. The molecular formula is C22H20. The van der Waals surface area contributed by atoms with Gasteiger partial charge >= 0.3 is 0 Å². The van der Waals surface area contributed by atoms with Crippen molar-refractivity contribution in [3.63, 3.8) is 0 Å². The van der Waals surface area contributed by atoms with Gasteiger partial charge in [-0.2, -0.15) is 0 Å². The van der Waals surface area contributed by atoms with Gasteiger partial charge in [0.25, 0.3) is 0 Å². The summed E-state index contributed by atoms with van der Waals surface area (Å²) in [6.07, 6.45) is 2.13. The topological polar surface area (TPSA) is 0 Å². The average Bonchev–Trinajstić information content (AvgIpc) is 2.59. The molecule has 0 heterocycles. The molecule has 1 aliphatic carbocycles. The molecule has 4 rings (SSSR count). The van der Waals surface area contributed by atoms with Gasteiger partial charge in [-0.25, -0.2) is 0 Å². The molecule has 0 aliphatic heterocycles. The lowest BCUT2D eigenvalue weighted by Crippen LogP contribution is -2.16. The number of fused-ring (bicyclic) bond motifs is 2. The highest BCUT2D eigenvalue weighted by atomic mass is 14.3. The molecule has 0 saturated carbocycles. The second-order valence-electron chi connectivity index (χ2n) is 6.06. The summed E-state index contributed by atoms with van der Waals surface area (Å²) in [7, 11) is 0. The Labute approximate surface area is 132 Å². The van der Waals surface area contributed by atoms with E-state index in [-0.39, 0.29) is 0 Å². The Morgan fingerprint density at radius 1 is 0.682 bits per heavy atom. The van der Waals surface area contributed by atoms with Crippen LogP contribution < -0.4 is 0 Å². The second-order valence-corrected chi connectivity index (χ2v) is 6.06. The molecule has 0 heteroatoms. The highest BCUT2D eigenvalue weighted by Crippen LogP contribution is 2.41. The molecular weight excluding hydrogens is 264 g/mol. The summed E-state index contributed by atoms with van der Waals surface area (Å²) in [5, 5.41) is 0. The van der Waals surface area contributed by atoms with E-state index < -0.39 is 0 Å². The van der Waals surface area contributed by atoms with Crippen molar-refractivity contribution in [2.24, 2.45) is 0 Å². The van der Waals surface area contributed by atoms with E-state index in [2.05, 4.69) is 79.7 Å². The van der Waals surface area contributed by atoms with E-state index in [4.69, 9.17) is 0 Å². The van der Waals surface area contributed by atoms with Crippen LogP contribution in [0.25, 0.3) is 0 Å². The molecule has 0 N–H and O–H groups in total. The van der Waals surface area contributed by atoms with Gasteiger partial charge in [0.2, 0.25) is 0 Å². The van der Waals surface area contributed by atoms with Crippen molar-refractivity contribution in [1.29, 1.82) is 0 Å². The van der Waals surface area contributed by atoms with Crippen molar-refractivity contribution in [3.05, 3.63) is 106 Å². The fourth-order valence-corrected chi connectivity index (χ4v) is 3.80. The Bertz CT molecular complexity index is 768. The summed E-state index contributed by atoms with van der Waals surface area (Å²) < 4.78 is 0. The van der Waals surface area contributed by atoms with Gasteiger partial charge in [0.15, 0.2) is 0 Å². The van der Waals surface area contributed by atoms with Gasteiger partial charge in [-0.15, -0.1) is 0 Å². The fraction of sp³-hybridized carbons (Fsp3) is 0.182. The van der Waals surface area contributed by atoms with Gasteiger partial charge in [0.05, 0.1) is 0 Å². The lowest BCUT2D eigenvalue weighted by atomic mass is 9.73. The summed E-state index contributed by atoms with van der Waals surface area (Å²) in [4.78, 5) is 0. The third-order valence-corrected chi connectivity index (χ3v) is 4.86. The van der Waals surface area contributed by atoms with Crippen molar-refractivity contribution in [2.75, 3.05) is 0 Å². The van der Waals surface area contributed by atoms with Crippen molar-refractivity contribution in [3.8, 4) is 0 Å². The van der Waals surface area contributed by atoms with E-state index >= 15 is 0 Å². The molecule has 0 bridgehead atoms. The first kappa shape index (κ1) is 13.3. The van der Waals surface area contributed by atoms with Crippen LogP contribution in [0.3, 0.4) is 0 Å². The average molecular weight is 284 g/mol. The van der Waals surface area contributed by atoms with E-state index in [0.29, 0.717) is 5.92 Å². The highest BCUT2D eigenvalue weighted by Gasteiger charge is 2.27. The first-order valence-electron chi connectivity index (χ1n) is 8.12. The number of benzene rings is 3. The normalized spacial score (nSPS) is 13.5. The van der Waals surface area contributed by atoms with Crippen molar-refractivity contribution >= 4 is 0 Å². The molecule has 0 amide bonds. The number of hydrogen-bond donors (Lipinski definition) is 0. The van der Waals surface area contributed by atoms with Crippen LogP contribution in [-0.4, -0.2) is 0 Å². The lowest BCUT2D eigenvalue weighted by Gasteiger charge is -2.30. The van der Waals surface area contributed by atoms with Gasteiger partial charge < -0.3 is 0 Å². The minimum absolute atomic E-state index is 0.372. The summed E-state index contributed by atoms with van der Waals surface area (Å²) in [6, 6.07) is 26.8. The molecule has 0 atom stereocenters. The van der Waals surface area contributed by atoms with Crippen LogP contribution in [0.4, 0.5) is 0 Å². The van der Waals surface area contributed by atoms with E-state index in [1.54, 1.807) is 0 Å². The third-order valence-electron chi connectivity index (χ3n) is 4.86. The summed E-state index contributed by atoms with van der Waals surface area (Å²) >= 11 is 0. The van der Waals surface area contributed by atoms with Gasteiger partial charge in [-0.3, -0.25) is 0 Å². The van der Waals surface area contributed by atoms with Crippen LogP contribution in [0.15, 0.2) is 72.8 Å². The maximum absolute atomic E-state index is 2.31. The largest absolute Gasteiger partial charge is 0.0620 e. The highest BCUT2D eigenvalue weighted by molar-refractivity contribution is 5.55. The standard InChI is InChI=1S/C22H20/c1-2-16-9-3-6-12-19(16)22-20-13-7-4-10-17(20)15-18-11-5-8-14-21(18)22/h3-14,22H,2,15H2,1H3. The molecule has 3 aromatic rings. The van der Waals surface area contributed by atoms with Crippen LogP contribution in [0, 0.1) is 0 Å². The zero-order valence-electron chi connectivity index (χ0n) is 12.9. The maximum Gasteiger partial charge on any atom is 0.0348 e. The molecule has 0 saturated heterocycles. The lowest BCUT2D eigenvalue weighted by molar-refractivity contribution is 0.867. The Morgan fingerprint density at radius 2 is 1.18 bits per heavy atom. The van der Waals surface area contributed by atoms with Gasteiger partial charge in [0, 0.05) is 5.92 Å². The zero-order chi connectivity index (χ0) is 14.9. The van der Waals surface area contributed by atoms with Crippen molar-refractivity contribution < 1.29 is 0 Å². The Kier molecular flexibility index (Phi) is 3.31. The number of aryl methyl sites for hydroxylation is 1. The SMILES string of the molecule is CCc1ccccc1C1c2ccccc2Cc2ccccc21. The minimum Gasteiger partial charge on any atom is -0.0620 e.